The number of furan rings is 1. The predicted molar refractivity (Wildman–Crippen MR) is 85.8 cm³/mol. The minimum atomic E-state index is -0.311. The zero-order valence-corrected chi connectivity index (χ0v) is 12.7. The average Bonchev–Trinajstić information content (AvgIpc) is 3.15. The fourth-order valence-electron chi connectivity index (χ4n) is 2.38. The Balaban J connectivity index is 1.53. The lowest BCUT2D eigenvalue weighted by Gasteiger charge is -2.07. The van der Waals surface area contributed by atoms with E-state index in [1.54, 1.807) is 30.0 Å². The van der Waals surface area contributed by atoms with Crippen molar-refractivity contribution in [3.63, 3.8) is 0 Å². The maximum Gasteiger partial charge on any atom is 0.268 e. The largest absolute Gasteiger partial charge is 0.463 e. The van der Waals surface area contributed by atoms with Gasteiger partial charge in [0.05, 0.1) is 18.3 Å². The van der Waals surface area contributed by atoms with Crippen molar-refractivity contribution in [1.29, 1.82) is 0 Å². The van der Waals surface area contributed by atoms with Crippen LogP contribution in [-0.2, 0) is 18.4 Å². The second-order valence-electron chi connectivity index (χ2n) is 5.20. The highest BCUT2D eigenvalue weighted by molar-refractivity contribution is 5.99. The van der Waals surface area contributed by atoms with Crippen molar-refractivity contribution in [2.24, 2.45) is 7.05 Å². The number of fused-ring (bicyclic) bond motifs is 1. The van der Waals surface area contributed by atoms with Gasteiger partial charge in [-0.2, -0.15) is 0 Å². The van der Waals surface area contributed by atoms with Gasteiger partial charge < -0.3 is 19.6 Å². The Morgan fingerprint density at radius 3 is 2.65 bits per heavy atom. The van der Waals surface area contributed by atoms with Crippen molar-refractivity contribution in [3.8, 4) is 0 Å². The molecule has 0 unspecified atom stereocenters. The summed E-state index contributed by atoms with van der Waals surface area (Å²) < 4.78 is 6.99. The molecule has 2 N–H and O–H groups in total. The molecule has 0 saturated heterocycles. The number of nitrogens with zero attached hydrogens (tertiary/aromatic N) is 1. The van der Waals surface area contributed by atoms with Crippen LogP contribution in [-0.4, -0.2) is 22.9 Å². The zero-order valence-electron chi connectivity index (χ0n) is 12.7. The number of benzene rings is 1. The third-order valence-corrected chi connectivity index (χ3v) is 3.64. The quantitative estimate of drug-likeness (QED) is 0.754. The molecule has 0 bridgehead atoms. The molecule has 23 heavy (non-hydrogen) atoms. The summed E-state index contributed by atoms with van der Waals surface area (Å²) in [5.41, 5.74) is 2.94. The Hall–Kier alpha value is -3.02. The van der Waals surface area contributed by atoms with Gasteiger partial charge in [0.25, 0.3) is 5.91 Å². The maximum absolute atomic E-state index is 12.2. The van der Waals surface area contributed by atoms with Crippen molar-refractivity contribution >= 4 is 22.9 Å². The first-order valence-electron chi connectivity index (χ1n) is 7.27. The highest BCUT2D eigenvalue weighted by Gasteiger charge is 2.15. The molecule has 2 heterocycles. The Bertz CT molecular complexity index is 833. The molecule has 118 valence electrons. The number of hydrogen-bond donors (Lipinski definition) is 2. The molecule has 0 atom stereocenters. The van der Waals surface area contributed by atoms with E-state index in [0.29, 0.717) is 17.8 Å². The summed E-state index contributed by atoms with van der Waals surface area (Å²) in [6.45, 7) is 0.366. The molecule has 6 nitrogen and oxygen atoms in total. The van der Waals surface area contributed by atoms with Crippen molar-refractivity contribution < 1.29 is 14.0 Å². The van der Waals surface area contributed by atoms with E-state index in [1.807, 2.05) is 30.3 Å². The minimum absolute atomic E-state index is 0.0712. The Kier molecular flexibility index (Phi) is 4.14. The second kappa shape index (κ2) is 6.39. The number of carbonyl (C=O) groups excluding carboxylic acids is 2. The standard InChI is InChI=1S/C17H17N3O3/c1-20-13-7-8-23-15(13)9-14(20)17(22)19-11-16(21)18-10-12-5-3-2-4-6-12/h2-9H,10-11H2,1H3,(H,18,21)(H,19,22). The van der Waals surface area contributed by atoms with Crippen LogP contribution in [0.4, 0.5) is 0 Å². The average molecular weight is 311 g/mol. The van der Waals surface area contributed by atoms with Crippen molar-refractivity contribution in [2.75, 3.05) is 6.54 Å². The summed E-state index contributed by atoms with van der Waals surface area (Å²) in [7, 11) is 1.78. The topological polar surface area (TPSA) is 76.3 Å². The van der Waals surface area contributed by atoms with E-state index in [0.717, 1.165) is 11.1 Å². The maximum atomic E-state index is 12.2. The third-order valence-electron chi connectivity index (χ3n) is 3.64. The number of aryl methyl sites for hydroxylation is 1. The van der Waals surface area contributed by atoms with E-state index in [1.165, 1.54) is 0 Å². The molecule has 2 aromatic heterocycles. The van der Waals surface area contributed by atoms with Crippen molar-refractivity contribution in [3.05, 3.63) is 60.0 Å². The fraction of sp³-hybridized carbons (Fsp3) is 0.176. The smallest absolute Gasteiger partial charge is 0.268 e. The summed E-state index contributed by atoms with van der Waals surface area (Å²) in [4.78, 5) is 24.0. The fourth-order valence-corrected chi connectivity index (χ4v) is 2.38. The number of hydrogen-bond acceptors (Lipinski definition) is 3. The Morgan fingerprint density at radius 2 is 1.91 bits per heavy atom. The molecule has 0 aliphatic heterocycles. The van der Waals surface area contributed by atoms with Crippen LogP contribution in [0, 0.1) is 0 Å². The summed E-state index contributed by atoms with van der Waals surface area (Å²) in [6, 6.07) is 13.0. The molecule has 3 rings (SSSR count). The van der Waals surface area contributed by atoms with Gasteiger partial charge in [-0.05, 0) is 5.56 Å². The summed E-state index contributed by atoms with van der Waals surface area (Å²) >= 11 is 0. The Labute approximate surface area is 133 Å². The van der Waals surface area contributed by atoms with Gasteiger partial charge in [-0.1, -0.05) is 30.3 Å². The van der Waals surface area contributed by atoms with Crippen LogP contribution in [0.5, 0.6) is 0 Å². The van der Waals surface area contributed by atoms with E-state index >= 15 is 0 Å². The van der Waals surface area contributed by atoms with Gasteiger partial charge >= 0.3 is 0 Å². The van der Waals surface area contributed by atoms with Crippen LogP contribution in [0.3, 0.4) is 0 Å². The summed E-state index contributed by atoms with van der Waals surface area (Å²) in [5.74, 6) is -0.547. The number of aromatic nitrogens is 1. The first-order valence-corrected chi connectivity index (χ1v) is 7.27. The molecule has 0 fully saturated rings. The molecule has 2 amide bonds. The van der Waals surface area contributed by atoms with E-state index in [9.17, 15) is 9.59 Å². The molecule has 0 aliphatic rings. The highest BCUT2D eigenvalue weighted by Crippen LogP contribution is 2.19. The molecular formula is C17H17N3O3. The van der Waals surface area contributed by atoms with Gasteiger partial charge in [0.2, 0.25) is 5.91 Å². The number of carbonyl (C=O) groups is 2. The number of rotatable bonds is 5. The first kappa shape index (κ1) is 14.9. The van der Waals surface area contributed by atoms with Gasteiger partial charge in [-0.15, -0.1) is 0 Å². The van der Waals surface area contributed by atoms with Gasteiger partial charge in [0, 0.05) is 25.7 Å². The summed E-state index contributed by atoms with van der Waals surface area (Å²) in [6.07, 6.45) is 1.57. The number of amides is 2. The van der Waals surface area contributed by atoms with Gasteiger partial charge in [-0.3, -0.25) is 9.59 Å². The van der Waals surface area contributed by atoms with Crippen molar-refractivity contribution in [2.45, 2.75) is 6.54 Å². The van der Waals surface area contributed by atoms with E-state index in [-0.39, 0.29) is 18.4 Å². The number of nitrogens with one attached hydrogen (secondary N) is 2. The first-order chi connectivity index (χ1) is 11.1. The van der Waals surface area contributed by atoms with E-state index in [2.05, 4.69) is 10.6 Å². The highest BCUT2D eigenvalue weighted by atomic mass is 16.3. The van der Waals surface area contributed by atoms with Crippen LogP contribution < -0.4 is 10.6 Å². The molecular weight excluding hydrogens is 294 g/mol. The van der Waals surface area contributed by atoms with Crippen LogP contribution in [0.25, 0.3) is 11.1 Å². The third kappa shape index (κ3) is 3.26. The monoisotopic (exact) mass is 311 g/mol. The zero-order chi connectivity index (χ0) is 16.2. The van der Waals surface area contributed by atoms with Crippen LogP contribution in [0.15, 0.2) is 53.1 Å². The van der Waals surface area contributed by atoms with E-state index in [4.69, 9.17) is 4.42 Å². The molecule has 3 aromatic rings. The lowest BCUT2D eigenvalue weighted by Crippen LogP contribution is -2.37. The Morgan fingerprint density at radius 1 is 1.13 bits per heavy atom. The lowest BCUT2D eigenvalue weighted by atomic mass is 10.2. The SMILES string of the molecule is Cn1c(C(=O)NCC(=O)NCc2ccccc2)cc2occc21. The predicted octanol–water partition coefficient (Wildman–Crippen LogP) is 1.82. The molecule has 0 radical (unpaired) electrons. The molecule has 1 aromatic carbocycles. The molecule has 0 aliphatic carbocycles. The van der Waals surface area contributed by atoms with Gasteiger partial charge in [-0.25, -0.2) is 0 Å². The molecule has 0 spiro atoms. The van der Waals surface area contributed by atoms with Crippen LogP contribution >= 0.6 is 0 Å². The summed E-state index contributed by atoms with van der Waals surface area (Å²) in [5, 5.41) is 5.38. The minimum Gasteiger partial charge on any atom is -0.463 e. The van der Waals surface area contributed by atoms with Gasteiger partial charge in [0.15, 0.2) is 5.58 Å². The van der Waals surface area contributed by atoms with E-state index < -0.39 is 0 Å². The second-order valence-corrected chi connectivity index (χ2v) is 5.20. The van der Waals surface area contributed by atoms with Gasteiger partial charge in [0.1, 0.15) is 5.69 Å². The molecule has 0 saturated carbocycles. The van der Waals surface area contributed by atoms with Crippen molar-refractivity contribution in [1.82, 2.24) is 15.2 Å². The van der Waals surface area contributed by atoms with Crippen LogP contribution in [0.2, 0.25) is 0 Å². The van der Waals surface area contributed by atoms with Crippen LogP contribution in [0.1, 0.15) is 16.1 Å². The normalized spacial score (nSPS) is 10.7. The molecule has 6 heteroatoms. The lowest BCUT2D eigenvalue weighted by molar-refractivity contribution is -0.120.